The van der Waals surface area contributed by atoms with E-state index in [0.29, 0.717) is 6.54 Å². The number of hydrogen-bond acceptors (Lipinski definition) is 4. The number of carbonyl (C=O) groups is 1. The molecule has 2 aromatic carbocycles. The fourth-order valence-corrected chi connectivity index (χ4v) is 3.17. The van der Waals surface area contributed by atoms with Crippen molar-refractivity contribution in [3.05, 3.63) is 77.7 Å². The van der Waals surface area contributed by atoms with Crippen molar-refractivity contribution in [2.45, 2.75) is 12.6 Å². The second-order valence-electron chi connectivity index (χ2n) is 6.29. The number of fused-ring (bicyclic) bond motifs is 1. The summed E-state index contributed by atoms with van der Waals surface area (Å²) in [6.45, 7) is 0.554. The van der Waals surface area contributed by atoms with Gasteiger partial charge in [0.1, 0.15) is 11.5 Å². The molecule has 8 heteroatoms. The van der Waals surface area contributed by atoms with E-state index in [1.807, 2.05) is 24.3 Å². The van der Waals surface area contributed by atoms with Crippen LogP contribution in [-0.4, -0.2) is 22.4 Å². The van der Waals surface area contributed by atoms with Crippen LogP contribution in [0.5, 0.6) is 0 Å². The zero-order valence-electron chi connectivity index (χ0n) is 14.6. The third-order valence-corrected chi connectivity index (χ3v) is 4.50. The molecule has 0 unspecified atom stereocenters. The summed E-state index contributed by atoms with van der Waals surface area (Å²) in [6, 6.07) is 12.7. The van der Waals surface area contributed by atoms with Gasteiger partial charge < -0.3 is 10.2 Å². The van der Waals surface area contributed by atoms with E-state index in [-0.39, 0.29) is 23.1 Å². The molecule has 1 N–H and O–H groups in total. The molecule has 4 rings (SSSR count). The maximum absolute atomic E-state index is 13.1. The van der Waals surface area contributed by atoms with Gasteiger partial charge in [-0.05, 0) is 30.2 Å². The SMILES string of the molecule is O=C(c1cnc(Nc2ccccc2C(F)(F)F)cn1)N1CCc2ccccc21. The van der Waals surface area contributed by atoms with E-state index in [0.717, 1.165) is 23.7 Å². The Morgan fingerprint density at radius 3 is 2.50 bits per heavy atom. The van der Waals surface area contributed by atoms with Crippen LogP contribution in [0.25, 0.3) is 0 Å². The van der Waals surface area contributed by atoms with Gasteiger partial charge in [0.05, 0.1) is 23.6 Å². The molecule has 0 radical (unpaired) electrons. The minimum Gasteiger partial charge on any atom is -0.338 e. The quantitative estimate of drug-likeness (QED) is 0.725. The number of para-hydroxylation sites is 2. The Labute approximate surface area is 158 Å². The van der Waals surface area contributed by atoms with Gasteiger partial charge in [-0.2, -0.15) is 13.2 Å². The smallest absolute Gasteiger partial charge is 0.338 e. The lowest BCUT2D eigenvalue weighted by Gasteiger charge is -2.17. The summed E-state index contributed by atoms with van der Waals surface area (Å²) in [5, 5.41) is 2.61. The van der Waals surface area contributed by atoms with Gasteiger partial charge in [0.2, 0.25) is 0 Å². The van der Waals surface area contributed by atoms with Crippen LogP contribution in [0, 0.1) is 0 Å². The number of nitrogens with zero attached hydrogens (tertiary/aromatic N) is 3. The molecule has 1 amide bonds. The number of aromatic nitrogens is 2. The van der Waals surface area contributed by atoms with E-state index < -0.39 is 11.7 Å². The Balaban J connectivity index is 1.54. The second-order valence-corrected chi connectivity index (χ2v) is 6.29. The molecule has 0 spiro atoms. The highest BCUT2D eigenvalue weighted by molar-refractivity contribution is 6.05. The number of anilines is 3. The molecular weight excluding hydrogens is 369 g/mol. The lowest BCUT2D eigenvalue weighted by molar-refractivity contribution is -0.136. The fourth-order valence-electron chi connectivity index (χ4n) is 3.17. The van der Waals surface area contributed by atoms with E-state index in [2.05, 4.69) is 15.3 Å². The van der Waals surface area contributed by atoms with Crippen LogP contribution in [0.2, 0.25) is 0 Å². The monoisotopic (exact) mass is 384 g/mol. The minimum atomic E-state index is -4.49. The molecular formula is C20H15F3N4O. The molecule has 1 aliphatic heterocycles. The summed E-state index contributed by atoms with van der Waals surface area (Å²) < 4.78 is 39.3. The summed E-state index contributed by atoms with van der Waals surface area (Å²) in [4.78, 5) is 22.5. The summed E-state index contributed by atoms with van der Waals surface area (Å²) in [7, 11) is 0. The molecule has 0 saturated heterocycles. The number of rotatable bonds is 3. The van der Waals surface area contributed by atoms with Gasteiger partial charge in [0, 0.05) is 12.2 Å². The fraction of sp³-hybridized carbons (Fsp3) is 0.150. The van der Waals surface area contributed by atoms with E-state index in [9.17, 15) is 18.0 Å². The van der Waals surface area contributed by atoms with Crippen LogP contribution in [0.3, 0.4) is 0 Å². The summed E-state index contributed by atoms with van der Waals surface area (Å²) >= 11 is 0. The number of halogens is 3. The summed E-state index contributed by atoms with van der Waals surface area (Å²) in [6.07, 6.45) is -1.20. The van der Waals surface area contributed by atoms with Gasteiger partial charge in [0.15, 0.2) is 0 Å². The van der Waals surface area contributed by atoms with Crippen molar-refractivity contribution < 1.29 is 18.0 Å². The maximum atomic E-state index is 13.1. The molecule has 28 heavy (non-hydrogen) atoms. The molecule has 0 atom stereocenters. The Bertz CT molecular complexity index is 1020. The van der Waals surface area contributed by atoms with Crippen molar-refractivity contribution in [1.29, 1.82) is 0 Å². The lowest BCUT2D eigenvalue weighted by atomic mass is 10.1. The molecule has 5 nitrogen and oxygen atoms in total. The predicted molar refractivity (Wildman–Crippen MR) is 98.6 cm³/mol. The van der Waals surface area contributed by atoms with Crippen LogP contribution in [0.1, 0.15) is 21.6 Å². The Kier molecular flexibility index (Phi) is 4.46. The van der Waals surface area contributed by atoms with Crippen molar-refractivity contribution in [2.24, 2.45) is 0 Å². The summed E-state index contributed by atoms with van der Waals surface area (Å²) in [5.74, 6) is -0.172. The van der Waals surface area contributed by atoms with E-state index in [4.69, 9.17) is 0 Å². The number of amides is 1. The van der Waals surface area contributed by atoms with E-state index in [1.165, 1.54) is 30.6 Å². The Morgan fingerprint density at radius 1 is 1.00 bits per heavy atom. The number of nitrogens with one attached hydrogen (secondary N) is 1. The average Bonchev–Trinajstić information content (AvgIpc) is 3.12. The first kappa shape index (κ1) is 18.0. The molecule has 0 aliphatic carbocycles. The number of hydrogen-bond donors (Lipinski definition) is 1. The van der Waals surface area contributed by atoms with Crippen LogP contribution >= 0.6 is 0 Å². The topological polar surface area (TPSA) is 58.1 Å². The second kappa shape index (κ2) is 6.95. The van der Waals surface area contributed by atoms with Crippen molar-refractivity contribution in [3.8, 4) is 0 Å². The number of carbonyl (C=O) groups excluding carboxylic acids is 1. The highest BCUT2D eigenvalue weighted by atomic mass is 19.4. The highest BCUT2D eigenvalue weighted by Gasteiger charge is 2.33. The Hall–Kier alpha value is -3.42. The van der Waals surface area contributed by atoms with Gasteiger partial charge in [-0.15, -0.1) is 0 Å². The van der Waals surface area contributed by atoms with Crippen LogP contribution in [-0.2, 0) is 12.6 Å². The molecule has 1 aliphatic rings. The highest BCUT2D eigenvalue weighted by Crippen LogP contribution is 2.35. The first-order valence-electron chi connectivity index (χ1n) is 8.58. The van der Waals surface area contributed by atoms with E-state index in [1.54, 1.807) is 4.90 Å². The molecule has 2 heterocycles. The molecule has 0 saturated carbocycles. The normalized spacial score (nSPS) is 13.3. The number of alkyl halides is 3. The van der Waals surface area contributed by atoms with Crippen molar-refractivity contribution >= 4 is 23.1 Å². The third kappa shape index (κ3) is 3.40. The lowest BCUT2D eigenvalue weighted by Crippen LogP contribution is -2.29. The van der Waals surface area contributed by atoms with Gasteiger partial charge in [-0.1, -0.05) is 30.3 Å². The van der Waals surface area contributed by atoms with Crippen molar-refractivity contribution in [3.63, 3.8) is 0 Å². The van der Waals surface area contributed by atoms with Crippen LogP contribution in [0.4, 0.5) is 30.4 Å². The average molecular weight is 384 g/mol. The van der Waals surface area contributed by atoms with Gasteiger partial charge in [-0.25, -0.2) is 9.97 Å². The Morgan fingerprint density at radius 2 is 1.75 bits per heavy atom. The van der Waals surface area contributed by atoms with Gasteiger partial charge >= 0.3 is 6.18 Å². The van der Waals surface area contributed by atoms with Gasteiger partial charge in [0.25, 0.3) is 5.91 Å². The summed E-state index contributed by atoms with van der Waals surface area (Å²) in [5.41, 5.74) is 1.13. The largest absolute Gasteiger partial charge is 0.418 e. The van der Waals surface area contributed by atoms with Gasteiger partial charge in [-0.3, -0.25) is 4.79 Å². The first-order chi connectivity index (χ1) is 13.4. The molecule has 0 fully saturated rings. The molecule has 1 aromatic heterocycles. The number of benzene rings is 2. The third-order valence-electron chi connectivity index (χ3n) is 4.50. The first-order valence-corrected chi connectivity index (χ1v) is 8.58. The zero-order chi connectivity index (χ0) is 19.7. The predicted octanol–water partition coefficient (Wildman–Crippen LogP) is 4.44. The molecule has 3 aromatic rings. The van der Waals surface area contributed by atoms with Crippen LogP contribution < -0.4 is 10.2 Å². The minimum absolute atomic E-state index is 0.120. The van der Waals surface area contributed by atoms with Crippen molar-refractivity contribution in [2.75, 3.05) is 16.8 Å². The van der Waals surface area contributed by atoms with E-state index >= 15 is 0 Å². The standard InChI is InChI=1S/C20H15F3N4O/c21-20(22,23)14-6-2-3-7-15(14)26-18-12-24-16(11-25-18)19(28)27-10-9-13-5-1-4-8-17(13)27/h1-8,11-12H,9-10H2,(H,25,26). The van der Waals surface area contributed by atoms with Crippen LogP contribution in [0.15, 0.2) is 60.9 Å². The molecule has 142 valence electrons. The molecule has 0 bridgehead atoms. The maximum Gasteiger partial charge on any atom is 0.418 e. The zero-order valence-corrected chi connectivity index (χ0v) is 14.6. The van der Waals surface area contributed by atoms with Crippen molar-refractivity contribution in [1.82, 2.24) is 9.97 Å².